The Hall–Kier alpha value is -0.190. The number of rotatable bonds is 0. The van der Waals surface area contributed by atoms with E-state index in [2.05, 4.69) is 4.98 Å². The average molecular weight is 137 g/mol. The molecule has 0 atom stereocenters. The summed E-state index contributed by atoms with van der Waals surface area (Å²) in [4.78, 5) is 3.51. The third kappa shape index (κ3) is 1.89. The second-order valence-electron chi connectivity index (χ2n) is 1.57. The Morgan fingerprint density at radius 1 is 1.89 bits per heavy atom. The normalized spacial score (nSPS) is 8.56. The number of aryl methyl sites for hydroxylation is 1. The first-order valence-electron chi connectivity index (χ1n) is 2.18. The van der Waals surface area contributed by atoms with Crippen LogP contribution in [0, 0.1) is 0 Å². The molecule has 0 radical (unpaired) electrons. The van der Waals surface area contributed by atoms with Crippen LogP contribution >= 0.6 is 0 Å². The number of aromatic nitrogens is 2. The Morgan fingerprint density at radius 2 is 2.44 bits per heavy atom. The Labute approximate surface area is 76.5 Å². The standard InChI is InChI=1S/C4H7N3O.Na.H/c1-7-2-3(8)6-4(7)5;;/h2,8H,1H3,(H2,5,6);;/q;+1;-1. The Balaban J connectivity index is 0. The van der Waals surface area contributed by atoms with Crippen LogP contribution < -0.4 is 35.3 Å². The predicted molar refractivity (Wildman–Crippen MR) is 30.4 cm³/mol. The Morgan fingerprint density at radius 3 is 2.56 bits per heavy atom. The minimum absolute atomic E-state index is 0. The first-order chi connectivity index (χ1) is 3.70. The van der Waals surface area contributed by atoms with E-state index in [1.165, 1.54) is 10.8 Å². The molecule has 1 heterocycles. The summed E-state index contributed by atoms with van der Waals surface area (Å²) in [6, 6.07) is 0. The van der Waals surface area contributed by atoms with Gasteiger partial charge in [-0.3, -0.25) is 0 Å². The van der Waals surface area contributed by atoms with Gasteiger partial charge in [-0.25, -0.2) is 0 Å². The molecule has 5 heteroatoms. The van der Waals surface area contributed by atoms with Gasteiger partial charge in [-0.1, -0.05) is 0 Å². The van der Waals surface area contributed by atoms with Crippen molar-refractivity contribution in [3.63, 3.8) is 0 Å². The van der Waals surface area contributed by atoms with E-state index in [9.17, 15) is 0 Å². The van der Waals surface area contributed by atoms with Gasteiger partial charge >= 0.3 is 29.6 Å². The number of anilines is 1. The van der Waals surface area contributed by atoms with Crippen LogP contribution in [-0.2, 0) is 7.05 Å². The third-order valence-electron chi connectivity index (χ3n) is 0.900. The average Bonchev–Trinajstić information content (AvgIpc) is 1.85. The summed E-state index contributed by atoms with van der Waals surface area (Å²) in [6.45, 7) is 0. The van der Waals surface area contributed by atoms with E-state index in [1.54, 1.807) is 7.05 Å². The largest absolute Gasteiger partial charge is 1.00 e. The smallest absolute Gasteiger partial charge is 1.00 e. The molecule has 0 bridgehead atoms. The van der Waals surface area contributed by atoms with Crippen LogP contribution in [0.25, 0.3) is 0 Å². The molecule has 3 N–H and O–H groups in total. The van der Waals surface area contributed by atoms with Crippen molar-refractivity contribution in [3.8, 4) is 5.88 Å². The van der Waals surface area contributed by atoms with Crippen LogP contribution in [0.4, 0.5) is 5.95 Å². The molecule has 1 aromatic heterocycles. The third-order valence-corrected chi connectivity index (χ3v) is 0.900. The molecule has 9 heavy (non-hydrogen) atoms. The van der Waals surface area contributed by atoms with Gasteiger partial charge in [0.05, 0.1) is 6.20 Å². The molecule has 1 aromatic rings. The zero-order chi connectivity index (χ0) is 6.15. The second kappa shape index (κ2) is 3.10. The maximum atomic E-state index is 8.62. The van der Waals surface area contributed by atoms with Gasteiger partial charge in [0.2, 0.25) is 11.8 Å². The fourth-order valence-corrected chi connectivity index (χ4v) is 0.464. The molecule has 0 aliphatic carbocycles. The van der Waals surface area contributed by atoms with E-state index >= 15 is 0 Å². The topological polar surface area (TPSA) is 64.1 Å². The van der Waals surface area contributed by atoms with E-state index in [0.29, 0.717) is 5.95 Å². The molecule has 0 spiro atoms. The SMILES string of the molecule is Cn1cc(O)nc1N.[H-].[Na+]. The van der Waals surface area contributed by atoms with Gasteiger partial charge in [0.25, 0.3) is 0 Å². The molecule has 0 aliphatic heterocycles. The van der Waals surface area contributed by atoms with Crippen molar-refractivity contribution in [3.05, 3.63) is 6.20 Å². The molecule has 0 aliphatic rings. The number of nitrogens with two attached hydrogens (primary N) is 1. The van der Waals surface area contributed by atoms with E-state index in [0.717, 1.165) is 0 Å². The number of imidazole rings is 1. The van der Waals surface area contributed by atoms with Crippen LogP contribution in [0.5, 0.6) is 5.88 Å². The number of aromatic hydroxyl groups is 1. The minimum atomic E-state index is -0.0370. The summed E-state index contributed by atoms with van der Waals surface area (Å²) in [5.74, 6) is 0.285. The Kier molecular flexibility index (Phi) is 3.03. The van der Waals surface area contributed by atoms with Gasteiger partial charge in [-0.2, -0.15) is 4.98 Å². The molecule has 0 saturated carbocycles. The molecular weight excluding hydrogens is 129 g/mol. The quantitative estimate of drug-likeness (QED) is 0.371. The van der Waals surface area contributed by atoms with Gasteiger partial charge in [0.1, 0.15) is 0 Å². The van der Waals surface area contributed by atoms with Crippen LogP contribution in [-0.4, -0.2) is 14.7 Å². The molecular formula is C4H8N3NaO. The molecule has 1 rings (SSSR count). The van der Waals surface area contributed by atoms with Gasteiger partial charge in [-0.05, 0) is 0 Å². The number of hydrogen-bond donors (Lipinski definition) is 2. The zero-order valence-corrected chi connectivity index (χ0v) is 7.50. The molecule has 0 fully saturated rings. The zero-order valence-electron chi connectivity index (χ0n) is 6.50. The Bertz CT molecular complexity index is 183. The minimum Gasteiger partial charge on any atom is -1.00 e. The van der Waals surface area contributed by atoms with E-state index in [1.807, 2.05) is 0 Å². The van der Waals surface area contributed by atoms with Gasteiger partial charge < -0.3 is 16.8 Å². The van der Waals surface area contributed by atoms with Crippen LogP contribution in [0.1, 0.15) is 1.43 Å². The summed E-state index contributed by atoms with van der Waals surface area (Å²) >= 11 is 0. The maximum absolute atomic E-state index is 8.62. The van der Waals surface area contributed by atoms with Crippen molar-refractivity contribution in [2.24, 2.45) is 7.05 Å². The fraction of sp³-hybridized carbons (Fsp3) is 0.250. The number of nitrogen functional groups attached to an aromatic ring is 1. The van der Waals surface area contributed by atoms with Crippen LogP contribution in [0.2, 0.25) is 0 Å². The van der Waals surface area contributed by atoms with Crippen LogP contribution in [0.3, 0.4) is 0 Å². The van der Waals surface area contributed by atoms with Crippen molar-refractivity contribution in [2.75, 3.05) is 5.73 Å². The summed E-state index contributed by atoms with van der Waals surface area (Å²) < 4.78 is 1.54. The fourth-order valence-electron chi connectivity index (χ4n) is 0.464. The van der Waals surface area contributed by atoms with Crippen molar-refractivity contribution in [1.82, 2.24) is 9.55 Å². The van der Waals surface area contributed by atoms with E-state index in [4.69, 9.17) is 10.8 Å². The summed E-state index contributed by atoms with van der Waals surface area (Å²) in [5.41, 5.74) is 5.23. The molecule has 0 unspecified atom stereocenters. The van der Waals surface area contributed by atoms with Gasteiger partial charge in [0.15, 0.2) is 0 Å². The molecule has 46 valence electrons. The van der Waals surface area contributed by atoms with Gasteiger partial charge in [0, 0.05) is 7.05 Å². The summed E-state index contributed by atoms with van der Waals surface area (Å²) in [6.07, 6.45) is 1.44. The molecule has 0 saturated heterocycles. The maximum Gasteiger partial charge on any atom is 1.00 e. The molecule has 4 nitrogen and oxygen atoms in total. The van der Waals surface area contributed by atoms with Crippen LogP contribution in [0.15, 0.2) is 6.20 Å². The number of hydrogen-bond acceptors (Lipinski definition) is 3. The van der Waals surface area contributed by atoms with E-state index in [-0.39, 0.29) is 36.9 Å². The first-order valence-corrected chi connectivity index (χ1v) is 2.18. The van der Waals surface area contributed by atoms with Crippen molar-refractivity contribution < 1.29 is 36.1 Å². The van der Waals surface area contributed by atoms with Crippen molar-refractivity contribution in [1.29, 1.82) is 0 Å². The molecule has 0 amide bonds. The number of nitrogens with zero attached hydrogens (tertiary/aromatic N) is 2. The molecule has 0 aromatic carbocycles. The first kappa shape index (κ1) is 8.81. The second-order valence-corrected chi connectivity index (χ2v) is 1.57. The van der Waals surface area contributed by atoms with Gasteiger partial charge in [-0.15, -0.1) is 0 Å². The van der Waals surface area contributed by atoms with E-state index < -0.39 is 0 Å². The summed E-state index contributed by atoms with van der Waals surface area (Å²) in [7, 11) is 1.71. The van der Waals surface area contributed by atoms with Crippen molar-refractivity contribution in [2.45, 2.75) is 0 Å². The predicted octanol–water partition coefficient (Wildman–Crippen LogP) is -3.18. The summed E-state index contributed by atoms with van der Waals surface area (Å²) in [5, 5.41) is 8.62. The van der Waals surface area contributed by atoms with Crippen molar-refractivity contribution >= 4 is 5.95 Å². The monoisotopic (exact) mass is 137 g/mol.